The zero-order chi connectivity index (χ0) is 14.1. The van der Waals surface area contributed by atoms with Crippen LogP contribution in [0.15, 0.2) is 18.2 Å². The number of fused-ring (bicyclic) bond motifs is 1. The number of amides is 1. The Morgan fingerprint density at radius 1 is 1.35 bits per heavy atom. The number of hydrogen-bond donors (Lipinski definition) is 1. The van der Waals surface area contributed by atoms with E-state index in [9.17, 15) is 9.59 Å². The van der Waals surface area contributed by atoms with Gasteiger partial charge in [-0.05, 0) is 18.6 Å². The molecular weight excluding hydrogens is 252 g/mol. The Morgan fingerprint density at radius 2 is 2.10 bits per heavy atom. The first-order valence-corrected chi connectivity index (χ1v) is 7.27. The molecule has 0 bridgehead atoms. The second-order valence-electron chi connectivity index (χ2n) is 5.75. The summed E-state index contributed by atoms with van der Waals surface area (Å²) < 4.78 is 0. The van der Waals surface area contributed by atoms with E-state index in [1.54, 1.807) is 0 Å². The highest BCUT2D eigenvalue weighted by Crippen LogP contribution is 2.36. The topological polar surface area (TPSA) is 49.4 Å². The molecule has 1 aliphatic carbocycles. The molecule has 20 heavy (non-hydrogen) atoms. The molecule has 0 radical (unpaired) electrons. The molecule has 3 rings (SSSR count). The number of Topliss-reactive ketones (excluding diaryl/α,β-unsaturated/α-hetero) is 1. The summed E-state index contributed by atoms with van der Waals surface area (Å²) in [6, 6.07) is 6.00. The van der Waals surface area contributed by atoms with Crippen LogP contribution in [-0.4, -0.2) is 42.8 Å². The molecule has 1 aromatic carbocycles. The van der Waals surface area contributed by atoms with Crippen LogP contribution in [0.2, 0.25) is 0 Å². The summed E-state index contributed by atoms with van der Waals surface area (Å²) in [5.41, 5.74) is 2.98. The molecule has 1 fully saturated rings. The molecule has 1 unspecified atom stereocenters. The van der Waals surface area contributed by atoms with Gasteiger partial charge in [-0.1, -0.05) is 17.7 Å². The largest absolute Gasteiger partial charge is 0.340 e. The highest BCUT2D eigenvalue weighted by Gasteiger charge is 2.32. The molecule has 1 N–H and O–H groups in total. The monoisotopic (exact) mass is 272 g/mol. The lowest BCUT2D eigenvalue weighted by molar-refractivity contribution is -0.132. The fourth-order valence-electron chi connectivity index (χ4n) is 3.15. The third-order valence-corrected chi connectivity index (χ3v) is 4.27. The Kier molecular flexibility index (Phi) is 3.57. The Morgan fingerprint density at radius 3 is 2.85 bits per heavy atom. The average molecular weight is 272 g/mol. The van der Waals surface area contributed by atoms with Crippen molar-refractivity contribution >= 4 is 11.7 Å². The number of nitrogens with zero attached hydrogens (tertiary/aromatic N) is 1. The van der Waals surface area contributed by atoms with Crippen LogP contribution in [0.5, 0.6) is 0 Å². The van der Waals surface area contributed by atoms with E-state index in [0.29, 0.717) is 12.8 Å². The predicted octanol–water partition coefficient (Wildman–Crippen LogP) is 1.49. The minimum absolute atomic E-state index is 0.0699. The average Bonchev–Trinajstić information content (AvgIpc) is 2.76. The molecule has 0 saturated carbocycles. The van der Waals surface area contributed by atoms with E-state index in [0.717, 1.165) is 42.9 Å². The van der Waals surface area contributed by atoms with Gasteiger partial charge in [-0.25, -0.2) is 0 Å². The molecule has 4 nitrogen and oxygen atoms in total. The number of ketones is 1. The Balaban J connectivity index is 1.73. The summed E-state index contributed by atoms with van der Waals surface area (Å²) in [6.45, 7) is 5.28. The molecule has 2 aliphatic rings. The van der Waals surface area contributed by atoms with E-state index in [2.05, 4.69) is 5.32 Å². The predicted molar refractivity (Wildman–Crippen MR) is 76.9 cm³/mol. The van der Waals surface area contributed by atoms with Crippen molar-refractivity contribution in [2.75, 3.05) is 26.2 Å². The maximum Gasteiger partial charge on any atom is 0.223 e. The van der Waals surface area contributed by atoms with Gasteiger partial charge in [0.05, 0.1) is 0 Å². The third kappa shape index (κ3) is 2.48. The zero-order valence-electron chi connectivity index (χ0n) is 11.8. The molecular formula is C16H20N2O2. The molecule has 0 aromatic heterocycles. The summed E-state index contributed by atoms with van der Waals surface area (Å²) in [7, 11) is 0. The number of nitrogens with one attached hydrogen (secondary N) is 1. The summed E-state index contributed by atoms with van der Waals surface area (Å²) in [5.74, 6) is 0.431. The standard InChI is InChI=1S/C16H20N2O2/c1-11-2-3-13-12(9-15(19)14(13)8-11)10-16(20)18-6-4-17-5-7-18/h2-3,8,12,17H,4-7,9-10H2,1H3. The van der Waals surface area contributed by atoms with Crippen LogP contribution >= 0.6 is 0 Å². The molecule has 4 heteroatoms. The minimum Gasteiger partial charge on any atom is -0.340 e. The number of hydrogen-bond acceptors (Lipinski definition) is 3. The third-order valence-electron chi connectivity index (χ3n) is 4.27. The molecule has 106 valence electrons. The van der Waals surface area contributed by atoms with Crippen molar-refractivity contribution in [1.82, 2.24) is 10.2 Å². The maximum atomic E-state index is 12.3. The van der Waals surface area contributed by atoms with Gasteiger partial charge >= 0.3 is 0 Å². The van der Waals surface area contributed by atoms with E-state index in [1.807, 2.05) is 30.0 Å². The smallest absolute Gasteiger partial charge is 0.223 e. The van der Waals surface area contributed by atoms with Gasteiger partial charge in [-0.2, -0.15) is 0 Å². The van der Waals surface area contributed by atoms with Crippen LogP contribution in [0, 0.1) is 6.92 Å². The number of carbonyl (C=O) groups excluding carboxylic acids is 2. The molecule has 1 aromatic rings. The summed E-state index contributed by atoms with van der Waals surface area (Å²) in [4.78, 5) is 26.3. The number of piperazine rings is 1. The number of rotatable bonds is 2. The number of benzene rings is 1. The lowest BCUT2D eigenvalue weighted by atomic mass is 9.96. The van der Waals surface area contributed by atoms with Crippen LogP contribution in [0.25, 0.3) is 0 Å². The summed E-state index contributed by atoms with van der Waals surface area (Å²) in [5, 5.41) is 3.24. The van der Waals surface area contributed by atoms with Crippen molar-refractivity contribution in [2.45, 2.75) is 25.7 Å². The van der Waals surface area contributed by atoms with Gasteiger partial charge in [0.1, 0.15) is 0 Å². The van der Waals surface area contributed by atoms with Crippen molar-refractivity contribution in [2.24, 2.45) is 0 Å². The van der Waals surface area contributed by atoms with E-state index >= 15 is 0 Å². The zero-order valence-corrected chi connectivity index (χ0v) is 11.8. The molecule has 1 atom stereocenters. The van der Waals surface area contributed by atoms with Gasteiger partial charge in [0.2, 0.25) is 5.91 Å². The lowest BCUT2D eigenvalue weighted by Crippen LogP contribution is -2.46. The van der Waals surface area contributed by atoms with Crippen molar-refractivity contribution in [3.05, 3.63) is 34.9 Å². The van der Waals surface area contributed by atoms with E-state index in [4.69, 9.17) is 0 Å². The fourth-order valence-corrected chi connectivity index (χ4v) is 3.15. The normalized spacial score (nSPS) is 21.9. The van der Waals surface area contributed by atoms with E-state index < -0.39 is 0 Å². The number of carbonyl (C=O) groups is 2. The van der Waals surface area contributed by atoms with Gasteiger partial charge < -0.3 is 10.2 Å². The molecule has 1 amide bonds. The lowest BCUT2D eigenvalue weighted by Gasteiger charge is -2.28. The van der Waals surface area contributed by atoms with Crippen LogP contribution in [-0.2, 0) is 4.79 Å². The van der Waals surface area contributed by atoms with Crippen LogP contribution in [0.4, 0.5) is 0 Å². The van der Waals surface area contributed by atoms with Gasteiger partial charge in [0, 0.05) is 50.5 Å². The molecule has 1 heterocycles. The second kappa shape index (κ2) is 5.37. The molecule has 0 spiro atoms. The Hall–Kier alpha value is -1.68. The molecule has 1 aliphatic heterocycles. The summed E-state index contributed by atoms with van der Waals surface area (Å²) >= 11 is 0. The highest BCUT2D eigenvalue weighted by atomic mass is 16.2. The summed E-state index contributed by atoms with van der Waals surface area (Å²) in [6.07, 6.45) is 0.943. The number of aryl methyl sites for hydroxylation is 1. The van der Waals surface area contributed by atoms with E-state index in [1.165, 1.54) is 0 Å². The quantitative estimate of drug-likeness (QED) is 0.887. The fraction of sp³-hybridized carbons (Fsp3) is 0.500. The van der Waals surface area contributed by atoms with Crippen LogP contribution < -0.4 is 5.32 Å². The highest BCUT2D eigenvalue weighted by molar-refractivity contribution is 6.02. The van der Waals surface area contributed by atoms with Gasteiger partial charge in [0.25, 0.3) is 0 Å². The first kappa shape index (κ1) is 13.3. The van der Waals surface area contributed by atoms with Crippen LogP contribution in [0.1, 0.15) is 40.2 Å². The maximum absolute atomic E-state index is 12.3. The minimum atomic E-state index is 0.0699. The van der Waals surface area contributed by atoms with Gasteiger partial charge in [-0.3, -0.25) is 9.59 Å². The Labute approximate surface area is 119 Å². The second-order valence-corrected chi connectivity index (χ2v) is 5.75. The molecule has 1 saturated heterocycles. The van der Waals surface area contributed by atoms with Crippen molar-refractivity contribution in [3.63, 3.8) is 0 Å². The Bertz CT molecular complexity index is 547. The first-order chi connectivity index (χ1) is 9.65. The SMILES string of the molecule is Cc1ccc2c(c1)C(=O)CC2CC(=O)N1CCNCC1. The van der Waals surface area contributed by atoms with Gasteiger partial charge in [0.15, 0.2) is 5.78 Å². The van der Waals surface area contributed by atoms with E-state index in [-0.39, 0.29) is 17.6 Å². The van der Waals surface area contributed by atoms with Crippen molar-refractivity contribution in [1.29, 1.82) is 0 Å². The van der Waals surface area contributed by atoms with Crippen molar-refractivity contribution in [3.8, 4) is 0 Å². The van der Waals surface area contributed by atoms with Crippen molar-refractivity contribution < 1.29 is 9.59 Å². The first-order valence-electron chi connectivity index (χ1n) is 7.27. The van der Waals surface area contributed by atoms with Crippen LogP contribution in [0.3, 0.4) is 0 Å². The van der Waals surface area contributed by atoms with Gasteiger partial charge in [-0.15, -0.1) is 0 Å².